The van der Waals surface area contributed by atoms with Gasteiger partial charge in [-0.25, -0.2) is 4.79 Å². The van der Waals surface area contributed by atoms with Crippen LogP contribution in [-0.4, -0.2) is 57.7 Å². The smallest absolute Gasteiger partial charge is 0.332 e. The fourth-order valence-electron chi connectivity index (χ4n) is 5.31. The van der Waals surface area contributed by atoms with E-state index >= 15 is 0 Å². The molecule has 2 fully saturated rings. The maximum Gasteiger partial charge on any atom is 0.332 e. The molecule has 1 saturated carbocycles. The third-order valence-electron chi connectivity index (χ3n) is 7.33. The second-order valence-corrected chi connectivity index (χ2v) is 9.20. The van der Waals surface area contributed by atoms with Crippen molar-refractivity contribution in [1.82, 2.24) is 18.9 Å². The van der Waals surface area contributed by atoms with Gasteiger partial charge in [0.15, 0.2) is 0 Å². The highest BCUT2D eigenvalue weighted by molar-refractivity contribution is 5.39. The van der Waals surface area contributed by atoms with Crippen LogP contribution in [0, 0.1) is 0 Å². The van der Waals surface area contributed by atoms with Crippen LogP contribution in [0.2, 0.25) is 0 Å². The van der Waals surface area contributed by atoms with Crippen LogP contribution in [-0.2, 0) is 0 Å². The zero-order chi connectivity index (χ0) is 22.6. The Morgan fingerprint density at radius 3 is 2.09 bits per heavy atom. The SMILES string of the molecule is CCN1CCN(C2CCC(n3ccn(-c4ccc(Oc5ccccc5)cc4)c3=O)CC2)CC1. The van der Waals surface area contributed by atoms with E-state index in [1.807, 2.05) is 71.6 Å². The number of rotatable bonds is 6. The van der Waals surface area contributed by atoms with E-state index in [0.29, 0.717) is 12.1 Å². The topological polar surface area (TPSA) is 42.6 Å². The average molecular weight is 447 g/mol. The van der Waals surface area contributed by atoms with Crippen LogP contribution in [0.25, 0.3) is 5.69 Å². The number of benzene rings is 2. The van der Waals surface area contributed by atoms with E-state index in [2.05, 4.69) is 16.7 Å². The summed E-state index contributed by atoms with van der Waals surface area (Å²) in [6.07, 6.45) is 8.37. The Kier molecular flexibility index (Phi) is 6.65. The second kappa shape index (κ2) is 9.98. The second-order valence-electron chi connectivity index (χ2n) is 9.20. The van der Waals surface area contributed by atoms with Crippen LogP contribution in [0.5, 0.6) is 11.5 Å². The summed E-state index contributed by atoms with van der Waals surface area (Å²) in [5.41, 5.74) is 0.911. The molecule has 2 aromatic carbocycles. The first-order valence-electron chi connectivity index (χ1n) is 12.3. The molecule has 0 unspecified atom stereocenters. The Morgan fingerprint density at radius 2 is 1.42 bits per heavy atom. The molecule has 33 heavy (non-hydrogen) atoms. The molecule has 3 aromatic rings. The molecule has 5 rings (SSSR count). The zero-order valence-corrected chi connectivity index (χ0v) is 19.5. The molecule has 1 saturated heterocycles. The van der Waals surface area contributed by atoms with Gasteiger partial charge >= 0.3 is 5.69 Å². The van der Waals surface area contributed by atoms with Gasteiger partial charge in [0.1, 0.15) is 11.5 Å². The molecule has 6 heteroatoms. The Balaban J connectivity index is 1.20. The number of imidazole rings is 1. The number of piperazine rings is 1. The van der Waals surface area contributed by atoms with Crippen molar-refractivity contribution in [3.63, 3.8) is 0 Å². The van der Waals surface area contributed by atoms with Crippen molar-refractivity contribution in [3.05, 3.63) is 77.5 Å². The Bertz CT molecular complexity index is 1070. The highest BCUT2D eigenvalue weighted by Crippen LogP contribution is 2.31. The van der Waals surface area contributed by atoms with Crippen molar-refractivity contribution in [2.45, 2.75) is 44.7 Å². The maximum absolute atomic E-state index is 13.2. The molecule has 0 radical (unpaired) electrons. The van der Waals surface area contributed by atoms with Gasteiger partial charge in [0, 0.05) is 50.7 Å². The van der Waals surface area contributed by atoms with Gasteiger partial charge < -0.3 is 9.64 Å². The summed E-state index contributed by atoms with van der Waals surface area (Å²) in [5.74, 6) is 1.56. The highest BCUT2D eigenvalue weighted by atomic mass is 16.5. The minimum atomic E-state index is 0.0479. The third kappa shape index (κ3) is 4.92. The Hall–Kier alpha value is -2.83. The number of nitrogens with zero attached hydrogens (tertiary/aromatic N) is 4. The van der Waals surface area contributed by atoms with Gasteiger partial charge in [-0.15, -0.1) is 0 Å². The quantitative estimate of drug-likeness (QED) is 0.557. The minimum Gasteiger partial charge on any atom is -0.457 e. The largest absolute Gasteiger partial charge is 0.457 e. The molecule has 1 aliphatic heterocycles. The predicted octanol–water partition coefficient (Wildman–Crippen LogP) is 4.55. The molecule has 174 valence electrons. The number of aromatic nitrogens is 2. The normalized spacial score (nSPS) is 22.3. The molecule has 0 N–H and O–H groups in total. The van der Waals surface area contributed by atoms with Gasteiger partial charge in [-0.1, -0.05) is 25.1 Å². The molecular formula is C27H34N4O2. The molecule has 6 nitrogen and oxygen atoms in total. The van der Waals surface area contributed by atoms with E-state index in [-0.39, 0.29) is 5.69 Å². The van der Waals surface area contributed by atoms with E-state index < -0.39 is 0 Å². The lowest BCUT2D eigenvalue weighted by molar-refractivity contribution is 0.0736. The van der Waals surface area contributed by atoms with Crippen LogP contribution in [0.15, 0.2) is 71.8 Å². The number of hydrogen-bond donors (Lipinski definition) is 0. The van der Waals surface area contributed by atoms with E-state index in [4.69, 9.17) is 4.74 Å². The summed E-state index contributed by atoms with van der Waals surface area (Å²) >= 11 is 0. The first kappa shape index (κ1) is 22.0. The standard InChI is InChI=1S/C27H34N4O2/c1-2-28-16-18-29(19-17-28)22-8-10-23(11-9-22)30-20-21-31(27(30)32)24-12-14-26(15-13-24)33-25-6-4-3-5-7-25/h3-7,12-15,20-23H,2,8-11,16-19H2,1H3. The first-order chi connectivity index (χ1) is 16.2. The summed E-state index contributed by atoms with van der Waals surface area (Å²) in [5, 5.41) is 0. The Morgan fingerprint density at radius 1 is 0.788 bits per heavy atom. The molecule has 0 spiro atoms. The molecule has 0 atom stereocenters. The fourth-order valence-corrected chi connectivity index (χ4v) is 5.31. The summed E-state index contributed by atoms with van der Waals surface area (Å²) in [7, 11) is 0. The van der Waals surface area contributed by atoms with E-state index in [1.165, 1.54) is 39.0 Å². The molecule has 1 aliphatic carbocycles. The van der Waals surface area contributed by atoms with E-state index in [1.54, 1.807) is 4.57 Å². The molecule has 2 heterocycles. The van der Waals surface area contributed by atoms with Crippen molar-refractivity contribution in [2.24, 2.45) is 0 Å². The van der Waals surface area contributed by atoms with Crippen LogP contribution < -0.4 is 10.4 Å². The lowest BCUT2D eigenvalue weighted by Crippen LogP contribution is -2.51. The number of ether oxygens (including phenoxy) is 1. The van der Waals surface area contributed by atoms with Gasteiger partial charge in [0.25, 0.3) is 0 Å². The Labute approximate surface area is 196 Å². The first-order valence-corrected chi connectivity index (χ1v) is 12.3. The lowest BCUT2D eigenvalue weighted by atomic mass is 9.89. The zero-order valence-electron chi connectivity index (χ0n) is 19.5. The molecule has 0 amide bonds. The van der Waals surface area contributed by atoms with Crippen LogP contribution in [0.1, 0.15) is 38.6 Å². The summed E-state index contributed by atoms with van der Waals surface area (Å²) in [6.45, 7) is 8.15. The number of para-hydroxylation sites is 1. The lowest BCUT2D eigenvalue weighted by Gasteiger charge is -2.41. The van der Waals surface area contributed by atoms with Crippen molar-refractivity contribution >= 4 is 0 Å². The average Bonchev–Trinajstić information content (AvgIpc) is 3.26. The van der Waals surface area contributed by atoms with Gasteiger partial charge in [-0.05, 0) is 68.6 Å². The van der Waals surface area contributed by atoms with Crippen molar-refractivity contribution < 1.29 is 4.74 Å². The monoisotopic (exact) mass is 446 g/mol. The van der Waals surface area contributed by atoms with Crippen molar-refractivity contribution in [1.29, 1.82) is 0 Å². The van der Waals surface area contributed by atoms with Gasteiger partial charge in [-0.2, -0.15) is 0 Å². The molecule has 0 bridgehead atoms. The van der Waals surface area contributed by atoms with Gasteiger partial charge in [0.2, 0.25) is 0 Å². The van der Waals surface area contributed by atoms with Gasteiger partial charge in [0.05, 0.1) is 5.69 Å². The van der Waals surface area contributed by atoms with Gasteiger partial charge in [-0.3, -0.25) is 14.0 Å². The molecular weight excluding hydrogens is 412 g/mol. The maximum atomic E-state index is 13.2. The summed E-state index contributed by atoms with van der Waals surface area (Å²) in [4.78, 5) is 18.4. The number of hydrogen-bond acceptors (Lipinski definition) is 4. The molecule has 2 aliphatic rings. The highest BCUT2D eigenvalue weighted by Gasteiger charge is 2.29. The van der Waals surface area contributed by atoms with E-state index in [9.17, 15) is 4.79 Å². The van der Waals surface area contributed by atoms with Crippen molar-refractivity contribution in [2.75, 3.05) is 32.7 Å². The fraction of sp³-hybridized carbons (Fsp3) is 0.444. The van der Waals surface area contributed by atoms with Crippen LogP contribution in [0.3, 0.4) is 0 Å². The van der Waals surface area contributed by atoms with Crippen LogP contribution >= 0.6 is 0 Å². The number of likely N-dealkylation sites (N-methyl/N-ethyl adjacent to an activating group) is 1. The minimum absolute atomic E-state index is 0.0479. The van der Waals surface area contributed by atoms with E-state index in [0.717, 1.165) is 36.6 Å². The summed E-state index contributed by atoms with van der Waals surface area (Å²) < 4.78 is 9.56. The summed E-state index contributed by atoms with van der Waals surface area (Å²) in [6, 6.07) is 18.4. The predicted molar refractivity (Wildman–Crippen MR) is 132 cm³/mol. The van der Waals surface area contributed by atoms with Crippen LogP contribution in [0.4, 0.5) is 0 Å². The molecule has 1 aromatic heterocycles. The third-order valence-corrected chi connectivity index (χ3v) is 7.33. The van der Waals surface area contributed by atoms with Crippen molar-refractivity contribution in [3.8, 4) is 17.2 Å².